The smallest absolute Gasteiger partial charge is 0.164 e. The minimum Gasteiger partial charge on any atom is -0.388 e. The van der Waals surface area contributed by atoms with Crippen molar-refractivity contribution in [2.75, 3.05) is 0 Å². The summed E-state index contributed by atoms with van der Waals surface area (Å²) in [5.74, 6) is 0.728. The molecule has 3 N–H and O–H groups in total. The van der Waals surface area contributed by atoms with E-state index in [1.807, 2.05) is 46.1 Å². The SMILES string of the molecule is C[C@H]1O[C@@H](n2cc(-c3ccccc3)c3c2N=CN(NCc2ccncc2)C3)[C@H](O)[C@@H]1O. The summed E-state index contributed by atoms with van der Waals surface area (Å²) < 4.78 is 7.71. The standard InChI is InChI=1S/C23H25N5O3/c1-15-20(29)21(30)23(31-15)28-13-18(17-5-3-2-4-6-17)19-12-27(14-25-22(19)28)26-11-16-7-9-24-10-8-16/h2-10,13-15,20-21,23,26,29-30H,11-12H2,1H3/t15-,20-,21-,23-/m1/s1. The number of aliphatic hydroxyl groups excluding tert-OH is 2. The Hall–Kier alpha value is -3.04. The summed E-state index contributed by atoms with van der Waals surface area (Å²) in [4.78, 5) is 8.73. The van der Waals surface area contributed by atoms with Gasteiger partial charge in [0.25, 0.3) is 0 Å². The zero-order chi connectivity index (χ0) is 21.4. The highest BCUT2D eigenvalue weighted by Crippen LogP contribution is 2.41. The fraction of sp³-hybridized carbons (Fsp3) is 0.304. The Balaban J connectivity index is 1.47. The quantitative estimate of drug-likeness (QED) is 0.588. The lowest BCUT2D eigenvalue weighted by Gasteiger charge is -2.26. The number of aromatic nitrogens is 2. The van der Waals surface area contributed by atoms with Crippen LogP contribution in [0.15, 0.2) is 66.0 Å². The van der Waals surface area contributed by atoms with Crippen molar-refractivity contribution in [3.05, 3.63) is 72.2 Å². The van der Waals surface area contributed by atoms with E-state index in [0.29, 0.717) is 13.1 Å². The second kappa shape index (κ2) is 8.24. The Kier molecular flexibility index (Phi) is 5.29. The summed E-state index contributed by atoms with van der Waals surface area (Å²) in [5, 5.41) is 22.7. The van der Waals surface area contributed by atoms with Crippen molar-refractivity contribution in [3.8, 4) is 11.1 Å². The summed E-state index contributed by atoms with van der Waals surface area (Å²) in [6, 6.07) is 14.0. The summed E-state index contributed by atoms with van der Waals surface area (Å²) in [6.07, 6.45) is 4.15. The van der Waals surface area contributed by atoms with E-state index in [-0.39, 0.29) is 0 Å². The molecule has 3 aromatic rings. The molecular weight excluding hydrogens is 394 g/mol. The first kappa shape index (κ1) is 19.9. The highest BCUT2D eigenvalue weighted by atomic mass is 16.6. The number of nitrogens with zero attached hydrogens (tertiary/aromatic N) is 4. The Labute approximate surface area is 180 Å². The third-order valence-corrected chi connectivity index (χ3v) is 5.83. The van der Waals surface area contributed by atoms with E-state index in [0.717, 1.165) is 28.1 Å². The number of pyridine rings is 1. The van der Waals surface area contributed by atoms with Crippen molar-refractivity contribution >= 4 is 12.2 Å². The fourth-order valence-corrected chi connectivity index (χ4v) is 4.10. The highest BCUT2D eigenvalue weighted by Gasteiger charge is 2.42. The van der Waals surface area contributed by atoms with Crippen LogP contribution >= 0.6 is 0 Å². The monoisotopic (exact) mass is 419 g/mol. The molecule has 1 fully saturated rings. The zero-order valence-corrected chi connectivity index (χ0v) is 17.2. The number of hydrogen-bond acceptors (Lipinski definition) is 7. The van der Waals surface area contributed by atoms with E-state index in [1.165, 1.54) is 0 Å². The van der Waals surface area contributed by atoms with Crippen molar-refractivity contribution in [1.82, 2.24) is 20.0 Å². The van der Waals surface area contributed by atoms with Crippen LogP contribution in [0.3, 0.4) is 0 Å². The molecule has 0 amide bonds. The molecule has 4 atom stereocenters. The van der Waals surface area contributed by atoms with Crippen LogP contribution in [0.2, 0.25) is 0 Å². The van der Waals surface area contributed by atoms with Gasteiger partial charge in [-0.05, 0) is 30.2 Å². The van der Waals surface area contributed by atoms with Gasteiger partial charge in [-0.2, -0.15) is 0 Å². The first-order valence-electron chi connectivity index (χ1n) is 10.4. The molecule has 0 spiro atoms. The van der Waals surface area contributed by atoms with Crippen LogP contribution in [0.4, 0.5) is 5.82 Å². The maximum atomic E-state index is 10.5. The van der Waals surface area contributed by atoms with Gasteiger partial charge in [0, 0.05) is 36.3 Å². The minimum absolute atomic E-state index is 0.454. The van der Waals surface area contributed by atoms with Crippen molar-refractivity contribution in [2.24, 2.45) is 4.99 Å². The van der Waals surface area contributed by atoms with Crippen molar-refractivity contribution in [3.63, 3.8) is 0 Å². The number of benzene rings is 1. The van der Waals surface area contributed by atoms with Gasteiger partial charge in [-0.25, -0.2) is 10.4 Å². The second-order valence-electron chi connectivity index (χ2n) is 7.89. The molecule has 1 aromatic carbocycles. The zero-order valence-electron chi connectivity index (χ0n) is 17.2. The summed E-state index contributed by atoms with van der Waals surface area (Å²) in [7, 11) is 0. The van der Waals surface area contributed by atoms with E-state index in [4.69, 9.17) is 4.74 Å². The van der Waals surface area contributed by atoms with Gasteiger partial charge in [-0.1, -0.05) is 30.3 Å². The van der Waals surface area contributed by atoms with Crippen LogP contribution in [0.1, 0.15) is 24.3 Å². The van der Waals surface area contributed by atoms with Gasteiger partial charge in [-0.15, -0.1) is 0 Å². The topological polar surface area (TPSA) is 95.1 Å². The normalized spacial score (nSPS) is 25.1. The van der Waals surface area contributed by atoms with Crippen LogP contribution < -0.4 is 5.43 Å². The number of hydrogen-bond donors (Lipinski definition) is 3. The molecule has 8 heteroatoms. The van der Waals surface area contributed by atoms with Gasteiger partial charge >= 0.3 is 0 Å². The van der Waals surface area contributed by atoms with Gasteiger partial charge in [0.15, 0.2) is 6.23 Å². The summed E-state index contributed by atoms with van der Waals surface area (Å²) >= 11 is 0. The Morgan fingerprint density at radius 1 is 1.10 bits per heavy atom. The Morgan fingerprint density at radius 3 is 2.58 bits per heavy atom. The predicted octanol–water partition coefficient (Wildman–Crippen LogP) is 2.37. The molecule has 8 nitrogen and oxygen atoms in total. The number of rotatable bonds is 5. The molecule has 31 heavy (non-hydrogen) atoms. The lowest BCUT2D eigenvalue weighted by Crippen LogP contribution is -2.37. The van der Waals surface area contributed by atoms with Gasteiger partial charge in [0.05, 0.1) is 12.6 Å². The number of hydrazine groups is 1. The van der Waals surface area contributed by atoms with Crippen LogP contribution in [-0.2, 0) is 17.8 Å². The van der Waals surface area contributed by atoms with Gasteiger partial charge < -0.3 is 19.5 Å². The number of nitrogens with one attached hydrogen (secondary N) is 1. The number of ether oxygens (including phenoxy) is 1. The highest BCUT2D eigenvalue weighted by molar-refractivity contribution is 5.77. The van der Waals surface area contributed by atoms with Gasteiger partial charge in [-0.3, -0.25) is 9.99 Å². The molecular formula is C23H25N5O3. The lowest BCUT2D eigenvalue weighted by molar-refractivity contribution is -0.0309. The summed E-state index contributed by atoms with van der Waals surface area (Å²) in [6.45, 7) is 3.01. The van der Waals surface area contributed by atoms with Gasteiger partial charge in [0.2, 0.25) is 0 Å². The molecule has 2 aliphatic heterocycles. The maximum absolute atomic E-state index is 10.5. The first-order valence-corrected chi connectivity index (χ1v) is 10.4. The predicted molar refractivity (Wildman–Crippen MR) is 116 cm³/mol. The molecule has 0 aliphatic carbocycles. The molecule has 0 saturated carbocycles. The van der Waals surface area contributed by atoms with Crippen LogP contribution in [0.5, 0.6) is 0 Å². The van der Waals surface area contributed by atoms with Crippen LogP contribution in [0, 0.1) is 0 Å². The number of aliphatic imine (C=N–C) groups is 1. The largest absolute Gasteiger partial charge is 0.388 e. The van der Waals surface area contributed by atoms with Crippen molar-refractivity contribution in [1.29, 1.82) is 0 Å². The minimum atomic E-state index is -1.02. The molecule has 4 heterocycles. The summed E-state index contributed by atoms with van der Waals surface area (Å²) in [5.41, 5.74) is 7.62. The van der Waals surface area contributed by atoms with Crippen LogP contribution in [-0.4, -0.2) is 49.4 Å². The maximum Gasteiger partial charge on any atom is 0.164 e. The van der Waals surface area contributed by atoms with E-state index in [1.54, 1.807) is 25.7 Å². The third kappa shape index (κ3) is 3.75. The fourth-order valence-electron chi connectivity index (χ4n) is 4.10. The Morgan fingerprint density at radius 2 is 1.87 bits per heavy atom. The second-order valence-corrected chi connectivity index (χ2v) is 7.89. The lowest BCUT2D eigenvalue weighted by atomic mass is 10.0. The molecule has 0 bridgehead atoms. The van der Waals surface area contributed by atoms with E-state index in [9.17, 15) is 10.2 Å². The number of fused-ring (bicyclic) bond motifs is 1. The molecule has 0 radical (unpaired) electrons. The molecule has 160 valence electrons. The van der Waals surface area contributed by atoms with E-state index < -0.39 is 24.5 Å². The van der Waals surface area contributed by atoms with Crippen molar-refractivity contribution in [2.45, 2.75) is 44.6 Å². The first-order chi connectivity index (χ1) is 15.1. The van der Waals surface area contributed by atoms with Crippen LogP contribution in [0.25, 0.3) is 11.1 Å². The molecule has 1 saturated heterocycles. The molecule has 0 unspecified atom stereocenters. The van der Waals surface area contributed by atoms with Gasteiger partial charge in [0.1, 0.15) is 24.4 Å². The average molecular weight is 419 g/mol. The molecule has 2 aliphatic rings. The average Bonchev–Trinajstić information content (AvgIpc) is 3.31. The van der Waals surface area contributed by atoms with Crippen molar-refractivity contribution < 1.29 is 14.9 Å². The number of aliphatic hydroxyl groups is 2. The molecule has 2 aromatic heterocycles. The van der Waals surface area contributed by atoms with E-state index in [2.05, 4.69) is 27.5 Å². The molecule has 5 rings (SSSR count). The third-order valence-electron chi connectivity index (χ3n) is 5.83. The Bertz CT molecular complexity index is 1070. The van der Waals surface area contributed by atoms with E-state index >= 15 is 0 Å².